The van der Waals surface area contributed by atoms with Gasteiger partial charge in [-0.05, 0) is 66.6 Å². The van der Waals surface area contributed by atoms with Crippen LogP contribution in [0.4, 0.5) is 5.69 Å². The lowest BCUT2D eigenvalue weighted by molar-refractivity contribution is -0.136. The van der Waals surface area contributed by atoms with Gasteiger partial charge in [-0.25, -0.2) is 0 Å². The van der Waals surface area contributed by atoms with Gasteiger partial charge in [0.15, 0.2) is 5.58 Å². The summed E-state index contributed by atoms with van der Waals surface area (Å²) in [5.41, 5.74) is 3.87. The van der Waals surface area contributed by atoms with Gasteiger partial charge >= 0.3 is 5.97 Å². The van der Waals surface area contributed by atoms with Gasteiger partial charge in [-0.15, -0.1) is 0 Å². The van der Waals surface area contributed by atoms with Crippen molar-refractivity contribution < 1.29 is 23.8 Å². The van der Waals surface area contributed by atoms with E-state index in [2.05, 4.69) is 29.5 Å². The summed E-state index contributed by atoms with van der Waals surface area (Å²) in [4.78, 5) is 27.0. The Kier molecular flexibility index (Phi) is 7.85. The van der Waals surface area contributed by atoms with Crippen molar-refractivity contribution in [1.82, 2.24) is 10.3 Å². The van der Waals surface area contributed by atoms with E-state index in [1.54, 1.807) is 18.3 Å². The fourth-order valence-electron chi connectivity index (χ4n) is 3.63. The molecule has 2 heterocycles. The summed E-state index contributed by atoms with van der Waals surface area (Å²) >= 11 is 0. The second-order valence-corrected chi connectivity index (χ2v) is 8.80. The maximum Gasteiger partial charge on any atom is 0.305 e. The molecule has 4 rings (SSSR count). The molecule has 4 aromatic rings. The third kappa shape index (κ3) is 6.41. The van der Waals surface area contributed by atoms with Crippen LogP contribution in [-0.2, 0) is 4.79 Å². The van der Waals surface area contributed by atoms with Crippen molar-refractivity contribution in [3.63, 3.8) is 0 Å². The summed E-state index contributed by atoms with van der Waals surface area (Å²) in [6, 6.07) is 20.6. The van der Waals surface area contributed by atoms with Crippen molar-refractivity contribution in [3.8, 4) is 17.1 Å². The molecule has 36 heavy (non-hydrogen) atoms. The van der Waals surface area contributed by atoms with Crippen molar-refractivity contribution in [1.29, 1.82) is 0 Å². The maximum atomic E-state index is 12.1. The van der Waals surface area contributed by atoms with Gasteiger partial charge in [0, 0.05) is 35.6 Å². The summed E-state index contributed by atoms with van der Waals surface area (Å²) in [5.74, 6) is 0.571. The molecule has 0 radical (unpaired) electrons. The Morgan fingerprint density at radius 2 is 1.81 bits per heavy atom. The number of amides is 1. The van der Waals surface area contributed by atoms with Crippen LogP contribution in [0.3, 0.4) is 0 Å². The summed E-state index contributed by atoms with van der Waals surface area (Å²) < 4.78 is 11.9. The first-order valence-corrected chi connectivity index (χ1v) is 11.8. The summed E-state index contributed by atoms with van der Waals surface area (Å²) in [7, 11) is 0. The fraction of sp³-hybridized carbons (Fsp3) is 0.250. The molecule has 0 fully saturated rings. The van der Waals surface area contributed by atoms with Gasteiger partial charge in [0.25, 0.3) is 5.91 Å². The molecule has 0 unspecified atom stereocenters. The molecule has 0 spiro atoms. The zero-order chi connectivity index (χ0) is 25.5. The molecule has 0 bridgehead atoms. The molecule has 0 saturated carbocycles. The minimum absolute atomic E-state index is 0.0429. The van der Waals surface area contributed by atoms with Gasteiger partial charge in [-0.1, -0.05) is 13.8 Å². The zero-order valence-electron chi connectivity index (χ0n) is 20.2. The van der Waals surface area contributed by atoms with Crippen molar-refractivity contribution in [2.45, 2.75) is 26.3 Å². The number of hydrogen-bond acceptors (Lipinski definition) is 6. The standard InChI is InChI=1S/C28H29N3O5/c1-18(2)24(31-21-9-5-20(6-10-21)28(34)30-15-13-27(32)33)17-35-22-11-7-19(8-12-22)26-16-23-25(36-26)4-3-14-29-23/h3-12,14,16,18,24,31H,13,15,17H2,1-2H3,(H,30,34)(H,32,33)/t24-/m1/s1. The van der Waals surface area contributed by atoms with Gasteiger partial charge in [0.2, 0.25) is 0 Å². The first-order valence-electron chi connectivity index (χ1n) is 11.8. The quantitative estimate of drug-likeness (QED) is 0.266. The van der Waals surface area contributed by atoms with Crippen LogP contribution in [0.1, 0.15) is 30.6 Å². The number of aromatic nitrogens is 1. The van der Waals surface area contributed by atoms with Gasteiger partial charge < -0.3 is 24.9 Å². The lowest BCUT2D eigenvalue weighted by Crippen LogP contribution is -2.32. The molecule has 1 amide bonds. The van der Waals surface area contributed by atoms with Crippen LogP contribution in [0.2, 0.25) is 0 Å². The molecule has 0 aliphatic rings. The number of pyridine rings is 1. The van der Waals surface area contributed by atoms with E-state index in [1.807, 2.05) is 54.6 Å². The highest BCUT2D eigenvalue weighted by Gasteiger charge is 2.15. The second kappa shape index (κ2) is 11.4. The number of ether oxygens (including phenoxy) is 1. The minimum atomic E-state index is -0.948. The Hall–Kier alpha value is -4.33. The number of anilines is 1. The summed E-state index contributed by atoms with van der Waals surface area (Å²) in [6.45, 7) is 4.79. The third-order valence-electron chi connectivity index (χ3n) is 5.78. The number of furan rings is 1. The number of aliphatic carboxylic acids is 1. The number of fused-ring (bicyclic) bond motifs is 1. The van der Waals surface area contributed by atoms with Crippen molar-refractivity contribution >= 4 is 28.7 Å². The van der Waals surface area contributed by atoms with Crippen LogP contribution < -0.4 is 15.4 Å². The smallest absolute Gasteiger partial charge is 0.305 e. The number of nitrogens with zero attached hydrogens (tertiary/aromatic N) is 1. The molecule has 8 nitrogen and oxygen atoms in total. The summed E-state index contributed by atoms with van der Waals surface area (Å²) in [5, 5.41) is 14.8. The molecule has 0 aliphatic carbocycles. The first-order chi connectivity index (χ1) is 17.4. The predicted octanol–water partition coefficient (Wildman–Crippen LogP) is 5.21. The highest BCUT2D eigenvalue weighted by atomic mass is 16.5. The Labute approximate surface area is 209 Å². The zero-order valence-corrected chi connectivity index (χ0v) is 20.2. The number of rotatable bonds is 11. The molecule has 2 aromatic heterocycles. The molecule has 186 valence electrons. The third-order valence-corrected chi connectivity index (χ3v) is 5.78. The van der Waals surface area contributed by atoms with E-state index in [0.29, 0.717) is 18.1 Å². The van der Waals surface area contributed by atoms with Crippen LogP contribution in [-0.4, -0.2) is 41.2 Å². The largest absolute Gasteiger partial charge is 0.491 e. The monoisotopic (exact) mass is 487 g/mol. The van der Waals surface area contributed by atoms with E-state index >= 15 is 0 Å². The Bertz CT molecular complexity index is 1280. The summed E-state index contributed by atoms with van der Waals surface area (Å²) in [6.07, 6.45) is 1.63. The number of carboxylic acid groups (broad SMARTS) is 1. The molecule has 8 heteroatoms. The van der Waals surface area contributed by atoms with Crippen LogP contribution in [0, 0.1) is 5.92 Å². The Morgan fingerprint density at radius 3 is 2.47 bits per heavy atom. The molecule has 1 atom stereocenters. The van der Waals surface area contributed by atoms with E-state index in [0.717, 1.165) is 33.9 Å². The Morgan fingerprint density at radius 1 is 1.06 bits per heavy atom. The number of carboxylic acids is 1. The van der Waals surface area contributed by atoms with E-state index < -0.39 is 5.97 Å². The van der Waals surface area contributed by atoms with Crippen molar-refractivity contribution in [2.75, 3.05) is 18.5 Å². The highest BCUT2D eigenvalue weighted by Crippen LogP contribution is 2.28. The lowest BCUT2D eigenvalue weighted by Gasteiger charge is -2.24. The fourth-order valence-corrected chi connectivity index (χ4v) is 3.63. The minimum Gasteiger partial charge on any atom is -0.491 e. The lowest BCUT2D eigenvalue weighted by atomic mass is 10.0. The SMILES string of the molecule is CC(C)[C@@H](COc1ccc(-c2cc3ncccc3o2)cc1)Nc1ccc(C(=O)NCCC(=O)O)cc1. The average molecular weight is 488 g/mol. The average Bonchev–Trinajstić information content (AvgIpc) is 3.31. The van der Waals surface area contributed by atoms with Crippen LogP contribution in [0.25, 0.3) is 22.4 Å². The normalized spacial score (nSPS) is 11.9. The van der Waals surface area contributed by atoms with Crippen LogP contribution in [0.5, 0.6) is 5.75 Å². The molecule has 0 saturated heterocycles. The molecular weight excluding hydrogens is 458 g/mol. The van der Waals surface area contributed by atoms with Crippen molar-refractivity contribution in [3.05, 3.63) is 78.5 Å². The molecule has 3 N–H and O–H groups in total. The number of carbonyl (C=O) groups excluding carboxylic acids is 1. The van der Waals surface area contributed by atoms with Crippen LogP contribution in [0.15, 0.2) is 77.3 Å². The Balaban J connectivity index is 1.32. The van der Waals surface area contributed by atoms with Crippen LogP contribution >= 0.6 is 0 Å². The number of hydrogen-bond donors (Lipinski definition) is 3. The number of benzene rings is 2. The topological polar surface area (TPSA) is 114 Å². The van der Waals surface area contributed by atoms with Gasteiger partial charge in [0.05, 0.1) is 12.5 Å². The molecule has 2 aromatic carbocycles. The maximum absolute atomic E-state index is 12.1. The molecule has 0 aliphatic heterocycles. The van der Waals surface area contributed by atoms with Crippen molar-refractivity contribution in [2.24, 2.45) is 5.92 Å². The second-order valence-electron chi connectivity index (χ2n) is 8.80. The van der Waals surface area contributed by atoms with E-state index in [-0.39, 0.29) is 24.9 Å². The van der Waals surface area contributed by atoms with Gasteiger partial charge in [-0.3, -0.25) is 14.6 Å². The molecular formula is C28H29N3O5. The van der Waals surface area contributed by atoms with E-state index in [1.165, 1.54) is 0 Å². The highest BCUT2D eigenvalue weighted by molar-refractivity contribution is 5.94. The van der Waals surface area contributed by atoms with Gasteiger partial charge in [-0.2, -0.15) is 0 Å². The number of nitrogens with one attached hydrogen (secondary N) is 2. The first kappa shape index (κ1) is 24.8. The van der Waals surface area contributed by atoms with E-state index in [4.69, 9.17) is 14.3 Å². The van der Waals surface area contributed by atoms with E-state index in [9.17, 15) is 9.59 Å². The predicted molar refractivity (Wildman–Crippen MR) is 138 cm³/mol. The van der Waals surface area contributed by atoms with Gasteiger partial charge in [0.1, 0.15) is 23.6 Å². The number of carbonyl (C=O) groups is 2.